The Labute approximate surface area is 149 Å². The molecular weight excluding hydrogens is 364 g/mol. The first-order valence-electron chi connectivity index (χ1n) is 7.90. The molecule has 6 nitrogen and oxygen atoms in total. The molecule has 0 bridgehead atoms. The molecule has 1 aromatic carbocycles. The Morgan fingerprint density at radius 2 is 2.04 bits per heavy atom. The van der Waals surface area contributed by atoms with Gasteiger partial charge in [-0.05, 0) is 24.6 Å². The van der Waals surface area contributed by atoms with E-state index in [-0.39, 0.29) is 34.7 Å². The number of hydrogen-bond donors (Lipinski definition) is 1. The van der Waals surface area contributed by atoms with Crippen molar-refractivity contribution in [3.63, 3.8) is 0 Å². The summed E-state index contributed by atoms with van der Waals surface area (Å²) in [4.78, 5) is 18.0. The summed E-state index contributed by atoms with van der Waals surface area (Å²) in [6, 6.07) is 4.22. The van der Waals surface area contributed by atoms with Gasteiger partial charge in [0.2, 0.25) is 0 Å². The highest BCUT2D eigenvalue weighted by molar-refractivity contribution is 7.91. The average molecular weight is 381 g/mol. The van der Waals surface area contributed by atoms with Crippen LogP contribution in [0.3, 0.4) is 0 Å². The van der Waals surface area contributed by atoms with E-state index in [9.17, 15) is 22.0 Å². The number of benzene rings is 1. The summed E-state index contributed by atoms with van der Waals surface area (Å²) >= 11 is 0. The van der Waals surface area contributed by atoms with Crippen molar-refractivity contribution in [2.75, 3.05) is 23.9 Å². The highest BCUT2D eigenvalue weighted by Crippen LogP contribution is 2.22. The van der Waals surface area contributed by atoms with Crippen LogP contribution >= 0.6 is 0 Å². The molecule has 0 saturated carbocycles. The molecule has 1 fully saturated rings. The molecule has 9 heteroatoms. The molecular formula is C17H17F2N3O3S. The average Bonchev–Trinajstić information content (AvgIpc) is 2.96. The van der Waals surface area contributed by atoms with Gasteiger partial charge in [-0.1, -0.05) is 0 Å². The molecule has 1 atom stereocenters. The lowest BCUT2D eigenvalue weighted by atomic mass is 10.2. The number of nitrogens with zero attached hydrogens (tertiary/aromatic N) is 2. The van der Waals surface area contributed by atoms with Crippen molar-refractivity contribution < 1.29 is 22.0 Å². The SMILES string of the molecule is CN(C(=O)c1cncc(Nc2ccc(F)cc2F)c1)C1CCS(=O)(=O)C1. The van der Waals surface area contributed by atoms with Gasteiger partial charge in [-0.3, -0.25) is 9.78 Å². The van der Waals surface area contributed by atoms with Crippen LogP contribution in [0.15, 0.2) is 36.7 Å². The topological polar surface area (TPSA) is 79.4 Å². The first kappa shape index (κ1) is 18.2. The van der Waals surface area contributed by atoms with Crippen LogP contribution in [-0.2, 0) is 9.84 Å². The molecule has 0 radical (unpaired) electrons. The van der Waals surface area contributed by atoms with E-state index >= 15 is 0 Å². The van der Waals surface area contributed by atoms with E-state index < -0.39 is 21.5 Å². The van der Waals surface area contributed by atoms with Gasteiger partial charge >= 0.3 is 0 Å². The van der Waals surface area contributed by atoms with Gasteiger partial charge in [0.15, 0.2) is 9.84 Å². The predicted molar refractivity (Wildman–Crippen MR) is 93.0 cm³/mol. The van der Waals surface area contributed by atoms with Crippen LogP contribution in [0.1, 0.15) is 16.8 Å². The molecule has 1 aliphatic heterocycles. The Balaban J connectivity index is 1.77. The zero-order valence-corrected chi connectivity index (χ0v) is 14.8. The fourth-order valence-corrected chi connectivity index (χ4v) is 4.60. The van der Waals surface area contributed by atoms with Crippen molar-refractivity contribution in [3.8, 4) is 0 Å². The molecule has 1 N–H and O–H groups in total. The van der Waals surface area contributed by atoms with Gasteiger partial charge < -0.3 is 10.2 Å². The van der Waals surface area contributed by atoms with Crippen molar-refractivity contribution in [2.24, 2.45) is 0 Å². The lowest BCUT2D eigenvalue weighted by molar-refractivity contribution is 0.0747. The zero-order valence-electron chi connectivity index (χ0n) is 13.9. The number of carbonyl (C=O) groups is 1. The molecule has 2 heterocycles. The number of rotatable bonds is 4. The number of aromatic nitrogens is 1. The Kier molecular flexibility index (Phi) is 4.90. The van der Waals surface area contributed by atoms with E-state index in [2.05, 4.69) is 10.3 Å². The van der Waals surface area contributed by atoms with E-state index in [1.807, 2.05) is 0 Å². The monoisotopic (exact) mass is 381 g/mol. The van der Waals surface area contributed by atoms with Gasteiger partial charge in [-0.25, -0.2) is 17.2 Å². The molecule has 1 unspecified atom stereocenters. The van der Waals surface area contributed by atoms with Crippen LogP contribution in [0, 0.1) is 11.6 Å². The number of anilines is 2. The maximum Gasteiger partial charge on any atom is 0.255 e. The second-order valence-electron chi connectivity index (χ2n) is 6.18. The molecule has 1 aliphatic rings. The van der Waals surface area contributed by atoms with E-state index in [1.165, 1.54) is 29.4 Å². The molecule has 26 heavy (non-hydrogen) atoms. The summed E-state index contributed by atoms with van der Waals surface area (Å²) in [5.74, 6) is -1.82. The molecule has 3 rings (SSSR count). The minimum atomic E-state index is -3.11. The van der Waals surface area contributed by atoms with Gasteiger partial charge in [0.1, 0.15) is 11.6 Å². The van der Waals surface area contributed by atoms with Crippen LogP contribution in [0.5, 0.6) is 0 Å². The van der Waals surface area contributed by atoms with E-state index in [0.29, 0.717) is 12.1 Å². The van der Waals surface area contributed by atoms with Gasteiger partial charge in [0.25, 0.3) is 5.91 Å². The number of halogens is 2. The molecule has 2 aromatic rings. The minimum absolute atomic E-state index is 0.0491. The second kappa shape index (κ2) is 6.99. The summed E-state index contributed by atoms with van der Waals surface area (Å²) in [6.07, 6.45) is 3.16. The van der Waals surface area contributed by atoms with Crippen LogP contribution in [-0.4, -0.2) is 48.8 Å². The lowest BCUT2D eigenvalue weighted by Crippen LogP contribution is -2.37. The third kappa shape index (κ3) is 3.98. The van der Waals surface area contributed by atoms with Crippen molar-refractivity contribution >= 4 is 27.1 Å². The van der Waals surface area contributed by atoms with Crippen LogP contribution in [0.25, 0.3) is 0 Å². The highest BCUT2D eigenvalue weighted by Gasteiger charge is 2.33. The van der Waals surface area contributed by atoms with Crippen molar-refractivity contribution in [1.82, 2.24) is 9.88 Å². The molecule has 1 amide bonds. The van der Waals surface area contributed by atoms with Gasteiger partial charge in [0.05, 0.1) is 34.6 Å². The first-order valence-corrected chi connectivity index (χ1v) is 9.72. The van der Waals surface area contributed by atoms with E-state index in [4.69, 9.17) is 0 Å². The van der Waals surface area contributed by atoms with Crippen LogP contribution in [0.4, 0.5) is 20.2 Å². The largest absolute Gasteiger partial charge is 0.352 e. The van der Waals surface area contributed by atoms with Gasteiger partial charge in [-0.15, -0.1) is 0 Å². The molecule has 0 spiro atoms. The van der Waals surface area contributed by atoms with Gasteiger partial charge in [0, 0.05) is 25.4 Å². The van der Waals surface area contributed by atoms with Crippen LogP contribution < -0.4 is 5.32 Å². The fourth-order valence-electron chi connectivity index (χ4n) is 2.82. The highest BCUT2D eigenvalue weighted by atomic mass is 32.2. The molecule has 138 valence electrons. The standard InChI is InChI=1S/C17H17F2N3O3S/c1-22(14-4-5-26(24,25)10-14)17(23)11-6-13(9-20-8-11)21-16-3-2-12(18)7-15(16)19/h2-3,6-9,14,21H,4-5,10H2,1H3. The smallest absolute Gasteiger partial charge is 0.255 e. The number of amides is 1. The lowest BCUT2D eigenvalue weighted by Gasteiger charge is -2.23. The van der Waals surface area contributed by atoms with Crippen molar-refractivity contribution in [3.05, 3.63) is 53.9 Å². The number of sulfone groups is 1. The maximum atomic E-state index is 13.7. The third-order valence-electron chi connectivity index (χ3n) is 4.27. The Morgan fingerprint density at radius 1 is 1.27 bits per heavy atom. The molecule has 1 aromatic heterocycles. The van der Waals surface area contributed by atoms with Crippen molar-refractivity contribution in [1.29, 1.82) is 0 Å². The summed E-state index contributed by atoms with van der Waals surface area (Å²) in [7, 11) is -1.56. The third-order valence-corrected chi connectivity index (χ3v) is 6.02. The van der Waals surface area contributed by atoms with Gasteiger partial charge in [-0.2, -0.15) is 0 Å². The Hall–Kier alpha value is -2.55. The number of carbonyl (C=O) groups excluding carboxylic acids is 1. The van der Waals surface area contributed by atoms with E-state index in [1.54, 1.807) is 7.05 Å². The normalized spacial score (nSPS) is 18.5. The minimum Gasteiger partial charge on any atom is -0.352 e. The maximum absolute atomic E-state index is 13.7. The van der Waals surface area contributed by atoms with Crippen LogP contribution in [0.2, 0.25) is 0 Å². The van der Waals surface area contributed by atoms with E-state index in [0.717, 1.165) is 12.1 Å². The van der Waals surface area contributed by atoms with Crippen molar-refractivity contribution in [2.45, 2.75) is 12.5 Å². The first-order chi connectivity index (χ1) is 12.2. The molecule has 1 saturated heterocycles. The Morgan fingerprint density at radius 3 is 2.69 bits per heavy atom. The summed E-state index contributed by atoms with van der Waals surface area (Å²) in [6.45, 7) is 0. The summed E-state index contributed by atoms with van der Waals surface area (Å²) < 4.78 is 49.9. The fraction of sp³-hybridized carbons (Fsp3) is 0.294. The summed E-state index contributed by atoms with van der Waals surface area (Å²) in [5.41, 5.74) is 0.645. The Bertz CT molecular complexity index is 950. The molecule has 0 aliphatic carbocycles. The second-order valence-corrected chi connectivity index (χ2v) is 8.41. The summed E-state index contributed by atoms with van der Waals surface area (Å²) in [5, 5.41) is 2.75. The zero-order chi connectivity index (χ0) is 18.9. The predicted octanol–water partition coefficient (Wildman–Crippen LogP) is 2.36. The number of nitrogens with one attached hydrogen (secondary N) is 1. The number of pyridine rings is 1. The quantitative estimate of drug-likeness (QED) is 0.880. The number of hydrogen-bond acceptors (Lipinski definition) is 5.